The van der Waals surface area contributed by atoms with Gasteiger partial charge in [0.1, 0.15) is 5.75 Å². The van der Waals surface area contributed by atoms with Crippen LogP contribution >= 0.6 is 0 Å². The monoisotopic (exact) mass is 375 g/mol. The van der Waals surface area contributed by atoms with E-state index < -0.39 is 0 Å². The summed E-state index contributed by atoms with van der Waals surface area (Å²) in [6.07, 6.45) is 9.64. The third kappa shape index (κ3) is 3.73. The predicted octanol–water partition coefficient (Wildman–Crippen LogP) is 4.19. The highest BCUT2D eigenvalue weighted by molar-refractivity contribution is 6.02. The normalized spacial score (nSPS) is 14.2. The summed E-state index contributed by atoms with van der Waals surface area (Å²) >= 11 is 0. The highest BCUT2D eigenvalue weighted by Gasteiger charge is 2.20. The average molecular weight is 375 g/mol. The molecule has 3 aromatic rings. The molecule has 2 N–H and O–H groups in total. The number of aromatic nitrogens is 3. The van der Waals surface area contributed by atoms with Gasteiger partial charge in [0.2, 0.25) is 0 Å². The Morgan fingerprint density at radius 2 is 2.32 bits per heavy atom. The maximum atomic E-state index is 12.8. The molecule has 1 aromatic carbocycles. The van der Waals surface area contributed by atoms with Gasteiger partial charge in [0.15, 0.2) is 0 Å². The topological polar surface area (TPSA) is 83.1 Å². The smallest absolute Gasteiger partial charge is 0.326 e. The van der Waals surface area contributed by atoms with Crippen molar-refractivity contribution in [1.82, 2.24) is 15.0 Å². The summed E-state index contributed by atoms with van der Waals surface area (Å²) in [5, 5.41) is 2.88. The van der Waals surface area contributed by atoms with Gasteiger partial charge in [-0.1, -0.05) is 0 Å². The molecule has 0 radical (unpaired) electrons. The number of carbonyl (C=O) groups is 1. The number of benzene rings is 1. The fourth-order valence-corrected chi connectivity index (χ4v) is 3.22. The molecule has 0 bridgehead atoms. The van der Waals surface area contributed by atoms with Crippen LogP contribution in [0.3, 0.4) is 0 Å². The predicted molar refractivity (Wildman–Crippen MR) is 109 cm³/mol. The fourth-order valence-electron chi connectivity index (χ4n) is 3.22. The number of hydrogen-bond acceptors (Lipinski definition) is 4. The Labute approximate surface area is 163 Å². The first-order chi connectivity index (χ1) is 13.7. The second-order valence-electron chi connectivity index (χ2n) is 6.36. The van der Waals surface area contributed by atoms with E-state index in [1.54, 1.807) is 29.7 Å². The first kappa shape index (κ1) is 17.8. The Morgan fingerprint density at radius 3 is 3.07 bits per heavy atom. The third-order valence-corrected chi connectivity index (χ3v) is 4.57. The lowest BCUT2D eigenvalue weighted by atomic mass is 9.98. The van der Waals surface area contributed by atoms with Crippen LogP contribution in [0.2, 0.25) is 0 Å². The van der Waals surface area contributed by atoms with Gasteiger partial charge in [0.25, 0.3) is 0 Å². The molecule has 7 nitrogen and oxygen atoms in total. The molecule has 2 aromatic heterocycles. The van der Waals surface area contributed by atoms with Crippen LogP contribution in [-0.2, 0) is 0 Å². The summed E-state index contributed by atoms with van der Waals surface area (Å²) in [4.78, 5) is 25.7. The van der Waals surface area contributed by atoms with Gasteiger partial charge in [-0.05, 0) is 48.9 Å². The van der Waals surface area contributed by atoms with Crippen LogP contribution in [0, 0.1) is 0 Å². The number of urea groups is 1. The number of hydrogen-bond donors (Lipinski definition) is 2. The van der Waals surface area contributed by atoms with Crippen molar-refractivity contribution in [2.45, 2.75) is 13.3 Å². The Bertz CT molecular complexity index is 983. The maximum absolute atomic E-state index is 12.8. The summed E-state index contributed by atoms with van der Waals surface area (Å²) in [7, 11) is 0. The number of carbonyl (C=O) groups excluding carboxylic acids is 1. The van der Waals surface area contributed by atoms with Crippen molar-refractivity contribution in [3.05, 3.63) is 66.5 Å². The van der Waals surface area contributed by atoms with E-state index >= 15 is 0 Å². The number of nitrogens with one attached hydrogen (secondary N) is 2. The molecule has 1 aliphatic rings. The molecule has 1 aliphatic heterocycles. The van der Waals surface area contributed by atoms with E-state index in [1.165, 1.54) is 0 Å². The van der Waals surface area contributed by atoms with E-state index in [2.05, 4.69) is 20.3 Å². The van der Waals surface area contributed by atoms with Crippen LogP contribution in [0.5, 0.6) is 5.75 Å². The molecular weight excluding hydrogens is 354 g/mol. The number of fused-ring (bicyclic) bond motifs is 1. The van der Waals surface area contributed by atoms with Gasteiger partial charge in [-0.2, -0.15) is 0 Å². The lowest BCUT2D eigenvalue weighted by molar-refractivity contribution is 0.257. The summed E-state index contributed by atoms with van der Waals surface area (Å²) in [6, 6.07) is 9.22. The number of imidazole rings is 1. The highest BCUT2D eigenvalue weighted by atomic mass is 16.5. The zero-order valence-corrected chi connectivity index (χ0v) is 15.6. The standard InChI is InChI=1S/C21H21N5O2/c1-2-26(21(27)25-16-4-3-8-22-12-16)18-5-6-20-19(11-18)15(7-9-28-20)10-17-13-23-14-24-17/h3-6,8,10-14H,2,7,9H2,1H3,(H,23,24)(H,25,27)/b15-10+. The average Bonchev–Trinajstić information content (AvgIpc) is 3.23. The van der Waals surface area contributed by atoms with Gasteiger partial charge < -0.3 is 15.0 Å². The Balaban J connectivity index is 1.63. The van der Waals surface area contributed by atoms with Gasteiger partial charge in [-0.15, -0.1) is 0 Å². The minimum atomic E-state index is -0.204. The van der Waals surface area contributed by atoms with Crippen LogP contribution in [0.25, 0.3) is 11.6 Å². The number of aromatic amines is 1. The van der Waals surface area contributed by atoms with Crippen molar-refractivity contribution in [1.29, 1.82) is 0 Å². The second-order valence-corrected chi connectivity index (χ2v) is 6.36. The van der Waals surface area contributed by atoms with Crippen molar-refractivity contribution in [2.24, 2.45) is 0 Å². The molecule has 0 saturated carbocycles. The van der Waals surface area contributed by atoms with Gasteiger partial charge in [0, 0.05) is 36.6 Å². The Hall–Kier alpha value is -3.61. The minimum absolute atomic E-state index is 0.204. The van der Waals surface area contributed by atoms with Crippen molar-refractivity contribution in [3.8, 4) is 5.75 Å². The van der Waals surface area contributed by atoms with Crippen molar-refractivity contribution >= 4 is 29.1 Å². The first-order valence-electron chi connectivity index (χ1n) is 9.19. The molecule has 4 rings (SSSR count). The Kier molecular flexibility index (Phi) is 5.05. The van der Waals surface area contributed by atoms with Crippen LogP contribution in [0.1, 0.15) is 24.6 Å². The molecular formula is C21H21N5O2. The van der Waals surface area contributed by atoms with Crippen LogP contribution in [0.15, 0.2) is 55.2 Å². The molecule has 7 heteroatoms. The molecule has 3 heterocycles. The molecule has 0 aliphatic carbocycles. The number of amides is 2. The van der Waals surface area contributed by atoms with E-state index in [-0.39, 0.29) is 6.03 Å². The Morgan fingerprint density at radius 1 is 1.39 bits per heavy atom. The zero-order valence-electron chi connectivity index (χ0n) is 15.6. The number of anilines is 2. The van der Waals surface area contributed by atoms with Crippen LogP contribution < -0.4 is 15.0 Å². The second kappa shape index (κ2) is 7.96. The van der Waals surface area contributed by atoms with Gasteiger partial charge in [-0.3, -0.25) is 9.88 Å². The third-order valence-electron chi connectivity index (χ3n) is 4.57. The van der Waals surface area contributed by atoms with Crippen molar-refractivity contribution < 1.29 is 9.53 Å². The summed E-state index contributed by atoms with van der Waals surface area (Å²) in [6.45, 7) is 3.10. The molecule has 142 valence electrons. The van der Waals surface area contributed by atoms with E-state index in [9.17, 15) is 4.79 Å². The largest absolute Gasteiger partial charge is 0.493 e. The molecule has 0 atom stereocenters. The van der Waals surface area contributed by atoms with Gasteiger partial charge in [-0.25, -0.2) is 9.78 Å². The number of nitrogens with zero attached hydrogens (tertiary/aromatic N) is 3. The minimum Gasteiger partial charge on any atom is -0.493 e. The maximum Gasteiger partial charge on any atom is 0.326 e. The van der Waals surface area contributed by atoms with E-state index in [0.717, 1.165) is 34.7 Å². The van der Waals surface area contributed by atoms with Crippen LogP contribution in [0.4, 0.5) is 16.2 Å². The quantitative estimate of drug-likeness (QED) is 0.716. The molecule has 28 heavy (non-hydrogen) atoms. The lowest BCUT2D eigenvalue weighted by Crippen LogP contribution is -2.34. The van der Waals surface area contributed by atoms with E-state index in [0.29, 0.717) is 18.8 Å². The van der Waals surface area contributed by atoms with Crippen molar-refractivity contribution in [2.75, 3.05) is 23.4 Å². The molecule has 0 unspecified atom stereocenters. The molecule has 0 fully saturated rings. The first-order valence-corrected chi connectivity index (χ1v) is 9.19. The SMILES string of the molecule is CCN(C(=O)Nc1cccnc1)c1ccc2c(c1)/C(=C/c1c[nH]cn1)CCO2. The molecule has 2 amide bonds. The number of ether oxygens (including phenoxy) is 1. The van der Waals surface area contributed by atoms with Crippen molar-refractivity contribution in [3.63, 3.8) is 0 Å². The molecule has 0 saturated heterocycles. The number of rotatable bonds is 4. The lowest BCUT2D eigenvalue weighted by Gasteiger charge is -2.25. The number of pyridine rings is 1. The summed E-state index contributed by atoms with van der Waals surface area (Å²) in [5.41, 5.74) is 4.46. The number of H-pyrrole nitrogens is 1. The molecule has 0 spiro atoms. The van der Waals surface area contributed by atoms with Gasteiger partial charge in [0.05, 0.1) is 30.5 Å². The highest BCUT2D eigenvalue weighted by Crippen LogP contribution is 2.36. The van der Waals surface area contributed by atoms with Crippen LogP contribution in [-0.4, -0.2) is 34.1 Å². The summed E-state index contributed by atoms with van der Waals surface area (Å²) < 4.78 is 5.80. The summed E-state index contributed by atoms with van der Waals surface area (Å²) in [5.74, 6) is 0.820. The van der Waals surface area contributed by atoms with E-state index in [1.807, 2.05) is 43.5 Å². The zero-order chi connectivity index (χ0) is 19.3. The van der Waals surface area contributed by atoms with E-state index in [4.69, 9.17) is 4.74 Å². The van der Waals surface area contributed by atoms with Gasteiger partial charge >= 0.3 is 6.03 Å². The fraction of sp³-hybridized carbons (Fsp3) is 0.190.